The van der Waals surface area contributed by atoms with Gasteiger partial charge in [0.25, 0.3) is 0 Å². The van der Waals surface area contributed by atoms with E-state index >= 15 is 0 Å². The smallest absolute Gasteiger partial charge is 0.316 e. The van der Waals surface area contributed by atoms with E-state index < -0.39 is 0 Å². The predicted molar refractivity (Wildman–Crippen MR) is 78.8 cm³/mol. The van der Waals surface area contributed by atoms with Gasteiger partial charge in [0, 0.05) is 17.6 Å². The zero-order valence-electron chi connectivity index (χ0n) is 11.2. The second-order valence-corrected chi connectivity index (χ2v) is 5.34. The molecule has 20 heavy (non-hydrogen) atoms. The van der Waals surface area contributed by atoms with Gasteiger partial charge in [-0.1, -0.05) is 23.4 Å². The van der Waals surface area contributed by atoms with Crippen LogP contribution in [-0.2, 0) is 16.6 Å². The summed E-state index contributed by atoms with van der Waals surface area (Å²) < 4.78 is 6.72. The molecule has 0 aliphatic carbocycles. The molecule has 2 aromatic rings. The lowest BCUT2D eigenvalue weighted by Crippen LogP contribution is -2.07. The van der Waals surface area contributed by atoms with Crippen LogP contribution in [0.25, 0.3) is 11.4 Å². The van der Waals surface area contributed by atoms with Crippen LogP contribution in [0.2, 0.25) is 5.02 Å². The molecule has 0 atom stereocenters. The number of hydrogen-bond donors (Lipinski definition) is 0. The van der Waals surface area contributed by atoms with Gasteiger partial charge in [-0.05, 0) is 31.2 Å². The highest BCUT2D eigenvalue weighted by Crippen LogP contribution is 2.23. The van der Waals surface area contributed by atoms with Gasteiger partial charge in [-0.25, -0.2) is 0 Å². The standard InChI is InChI=1S/C13H14ClN3O2S/c1-3-19-11(18)8-20-13-16-15-12(17(13)2)9-4-6-10(14)7-5-9/h4-7H,3,8H2,1-2H3. The van der Waals surface area contributed by atoms with Gasteiger partial charge in [-0.3, -0.25) is 4.79 Å². The van der Waals surface area contributed by atoms with Crippen LogP contribution in [0.4, 0.5) is 0 Å². The molecule has 0 aliphatic rings. The van der Waals surface area contributed by atoms with Crippen molar-refractivity contribution in [1.82, 2.24) is 14.8 Å². The van der Waals surface area contributed by atoms with Crippen molar-refractivity contribution >= 4 is 29.3 Å². The molecule has 0 N–H and O–H groups in total. The molecular formula is C13H14ClN3O2S. The summed E-state index contributed by atoms with van der Waals surface area (Å²) in [5, 5.41) is 9.56. The Hall–Kier alpha value is -1.53. The maximum atomic E-state index is 11.3. The number of nitrogens with zero attached hydrogens (tertiary/aromatic N) is 3. The minimum absolute atomic E-state index is 0.223. The number of esters is 1. The van der Waals surface area contributed by atoms with E-state index in [2.05, 4.69) is 10.2 Å². The second kappa shape index (κ2) is 6.76. The van der Waals surface area contributed by atoms with Crippen LogP contribution >= 0.6 is 23.4 Å². The number of carbonyl (C=O) groups is 1. The Balaban J connectivity index is 2.11. The zero-order valence-corrected chi connectivity index (χ0v) is 12.7. The Morgan fingerprint density at radius 2 is 2.05 bits per heavy atom. The van der Waals surface area contributed by atoms with Crippen LogP contribution in [-0.4, -0.2) is 33.1 Å². The van der Waals surface area contributed by atoms with Crippen LogP contribution in [0.3, 0.4) is 0 Å². The molecule has 1 heterocycles. The van der Waals surface area contributed by atoms with E-state index in [1.165, 1.54) is 11.8 Å². The average Bonchev–Trinajstić information content (AvgIpc) is 2.79. The molecule has 0 fully saturated rings. The Morgan fingerprint density at radius 3 is 2.70 bits per heavy atom. The number of carbonyl (C=O) groups excluding carboxylic acids is 1. The van der Waals surface area contributed by atoms with Crippen molar-refractivity contribution in [2.75, 3.05) is 12.4 Å². The van der Waals surface area contributed by atoms with E-state index in [9.17, 15) is 4.79 Å². The lowest BCUT2D eigenvalue weighted by molar-refractivity contribution is -0.139. The first-order valence-electron chi connectivity index (χ1n) is 6.05. The van der Waals surface area contributed by atoms with E-state index in [1.807, 2.05) is 23.7 Å². The molecule has 0 saturated heterocycles. The van der Waals surface area contributed by atoms with E-state index in [0.29, 0.717) is 16.8 Å². The van der Waals surface area contributed by atoms with E-state index in [-0.39, 0.29) is 11.7 Å². The van der Waals surface area contributed by atoms with Crippen molar-refractivity contribution in [2.45, 2.75) is 12.1 Å². The topological polar surface area (TPSA) is 57.0 Å². The van der Waals surface area contributed by atoms with E-state index in [1.54, 1.807) is 19.1 Å². The normalized spacial score (nSPS) is 10.6. The predicted octanol–water partition coefficient (Wildman–Crippen LogP) is 2.79. The summed E-state index contributed by atoms with van der Waals surface area (Å²) >= 11 is 7.16. The summed E-state index contributed by atoms with van der Waals surface area (Å²) in [6, 6.07) is 7.37. The highest BCUT2D eigenvalue weighted by Gasteiger charge is 2.13. The Bertz CT molecular complexity index is 598. The van der Waals surface area contributed by atoms with Crippen molar-refractivity contribution in [3.8, 4) is 11.4 Å². The summed E-state index contributed by atoms with van der Waals surface area (Å²) in [6.07, 6.45) is 0. The fourth-order valence-corrected chi connectivity index (χ4v) is 2.45. The average molecular weight is 312 g/mol. The van der Waals surface area contributed by atoms with E-state index in [0.717, 1.165) is 11.4 Å². The highest BCUT2D eigenvalue weighted by atomic mass is 35.5. The van der Waals surface area contributed by atoms with Gasteiger partial charge < -0.3 is 9.30 Å². The molecule has 5 nitrogen and oxygen atoms in total. The van der Waals surface area contributed by atoms with Crippen LogP contribution < -0.4 is 0 Å². The molecule has 1 aromatic heterocycles. The van der Waals surface area contributed by atoms with Crippen LogP contribution in [0.1, 0.15) is 6.92 Å². The first-order chi connectivity index (χ1) is 9.61. The van der Waals surface area contributed by atoms with Crippen LogP contribution in [0, 0.1) is 0 Å². The minimum atomic E-state index is -0.256. The molecule has 0 saturated carbocycles. The minimum Gasteiger partial charge on any atom is -0.465 e. The van der Waals surface area contributed by atoms with Gasteiger partial charge in [-0.2, -0.15) is 0 Å². The number of hydrogen-bond acceptors (Lipinski definition) is 5. The van der Waals surface area contributed by atoms with E-state index in [4.69, 9.17) is 16.3 Å². The van der Waals surface area contributed by atoms with Gasteiger partial charge in [0.05, 0.1) is 12.4 Å². The molecule has 0 bridgehead atoms. The molecular weight excluding hydrogens is 298 g/mol. The number of ether oxygens (including phenoxy) is 1. The van der Waals surface area contributed by atoms with Gasteiger partial charge in [0.15, 0.2) is 11.0 Å². The number of rotatable bonds is 5. The van der Waals surface area contributed by atoms with Crippen molar-refractivity contribution in [3.05, 3.63) is 29.3 Å². The lowest BCUT2D eigenvalue weighted by atomic mass is 10.2. The molecule has 106 valence electrons. The largest absolute Gasteiger partial charge is 0.465 e. The second-order valence-electron chi connectivity index (χ2n) is 3.97. The van der Waals surface area contributed by atoms with Gasteiger partial charge in [-0.15, -0.1) is 10.2 Å². The third kappa shape index (κ3) is 3.52. The number of aromatic nitrogens is 3. The summed E-state index contributed by atoms with van der Waals surface area (Å²) in [7, 11) is 1.86. The van der Waals surface area contributed by atoms with Crippen molar-refractivity contribution in [1.29, 1.82) is 0 Å². The third-order valence-electron chi connectivity index (χ3n) is 2.56. The maximum absolute atomic E-state index is 11.3. The van der Waals surface area contributed by atoms with Gasteiger partial charge >= 0.3 is 5.97 Å². The molecule has 0 amide bonds. The Kier molecular flexibility index (Phi) is 5.03. The molecule has 0 unspecified atom stereocenters. The first kappa shape index (κ1) is 14.9. The summed E-state index contributed by atoms with van der Waals surface area (Å²) in [5.41, 5.74) is 0.924. The van der Waals surface area contributed by atoms with Gasteiger partial charge in [0.1, 0.15) is 0 Å². The number of thioether (sulfide) groups is 1. The van der Waals surface area contributed by atoms with Crippen molar-refractivity contribution in [3.63, 3.8) is 0 Å². The quantitative estimate of drug-likeness (QED) is 0.628. The molecule has 7 heteroatoms. The third-order valence-corrected chi connectivity index (χ3v) is 3.81. The molecule has 0 radical (unpaired) electrons. The fraction of sp³-hybridized carbons (Fsp3) is 0.308. The maximum Gasteiger partial charge on any atom is 0.316 e. The van der Waals surface area contributed by atoms with Crippen LogP contribution in [0.15, 0.2) is 29.4 Å². The first-order valence-corrected chi connectivity index (χ1v) is 7.42. The summed E-state index contributed by atoms with van der Waals surface area (Å²) in [5.74, 6) is 0.696. The monoisotopic (exact) mass is 311 g/mol. The van der Waals surface area contributed by atoms with Crippen LogP contribution in [0.5, 0.6) is 0 Å². The number of halogens is 1. The van der Waals surface area contributed by atoms with Crippen molar-refractivity contribution < 1.29 is 9.53 Å². The van der Waals surface area contributed by atoms with Gasteiger partial charge in [0.2, 0.25) is 0 Å². The Morgan fingerprint density at radius 1 is 1.35 bits per heavy atom. The molecule has 1 aromatic carbocycles. The lowest BCUT2D eigenvalue weighted by Gasteiger charge is -2.04. The Labute approximate surface area is 126 Å². The SMILES string of the molecule is CCOC(=O)CSc1nnc(-c2ccc(Cl)cc2)n1C. The molecule has 2 rings (SSSR count). The molecule has 0 aliphatic heterocycles. The highest BCUT2D eigenvalue weighted by molar-refractivity contribution is 7.99. The fourth-order valence-electron chi connectivity index (χ4n) is 1.62. The summed E-state index contributed by atoms with van der Waals surface area (Å²) in [6.45, 7) is 2.16. The number of benzene rings is 1. The van der Waals surface area contributed by atoms with Crippen molar-refractivity contribution in [2.24, 2.45) is 7.05 Å². The molecule has 0 spiro atoms. The zero-order chi connectivity index (χ0) is 14.5. The summed E-state index contributed by atoms with van der Waals surface area (Å²) in [4.78, 5) is 11.3.